The zero-order valence-corrected chi connectivity index (χ0v) is 19.8. The van der Waals surface area contributed by atoms with Crippen molar-refractivity contribution >= 4 is 10.9 Å². The first kappa shape index (κ1) is 22.0. The summed E-state index contributed by atoms with van der Waals surface area (Å²) in [7, 11) is 4.79. The molecule has 1 N–H and O–H groups in total. The molecular weight excluding hydrogens is 434 g/mol. The number of nitrogens with zero attached hydrogens (tertiary/aromatic N) is 3. The van der Waals surface area contributed by atoms with Crippen molar-refractivity contribution in [2.24, 2.45) is 14.1 Å². The highest BCUT2D eigenvalue weighted by atomic mass is 16.5. The maximum absolute atomic E-state index is 13.6. The van der Waals surface area contributed by atoms with Gasteiger partial charge in [0.25, 0.3) is 5.56 Å². The van der Waals surface area contributed by atoms with Gasteiger partial charge < -0.3 is 19.1 Å². The van der Waals surface area contributed by atoms with Crippen LogP contribution in [0.2, 0.25) is 0 Å². The molecule has 1 aliphatic rings. The standard InChI is InChI=1S/C26H27N3O5/c1-26(2)14-34-23(16-6-10-17(30)11-7-16)22-21-19(24(31)28(4)25(32)27(21)3)20(29(22)26)15-8-12-18(33-5)13-9-15/h6-13,23,30H,14H2,1-5H3. The van der Waals surface area contributed by atoms with Crippen LogP contribution in [0.5, 0.6) is 11.5 Å². The lowest BCUT2D eigenvalue weighted by Gasteiger charge is -2.39. The minimum Gasteiger partial charge on any atom is -0.508 e. The van der Waals surface area contributed by atoms with Crippen molar-refractivity contribution < 1.29 is 14.6 Å². The summed E-state index contributed by atoms with van der Waals surface area (Å²) in [5, 5.41) is 10.3. The van der Waals surface area contributed by atoms with Crippen molar-refractivity contribution in [1.29, 1.82) is 0 Å². The number of phenols is 1. The number of methoxy groups -OCH3 is 1. The van der Waals surface area contributed by atoms with Gasteiger partial charge in [0.1, 0.15) is 17.6 Å². The third kappa shape index (κ3) is 3.09. The Morgan fingerprint density at radius 3 is 2.26 bits per heavy atom. The van der Waals surface area contributed by atoms with Crippen LogP contribution >= 0.6 is 0 Å². The van der Waals surface area contributed by atoms with Gasteiger partial charge in [0.15, 0.2) is 0 Å². The van der Waals surface area contributed by atoms with E-state index in [-0.39, 0.29) is 11.3 Å². The molecule has 34 heavy (non-hydrogen) atoms. The maximum Gasteiger partial charge on any atom is 0.331 e. The lowest BCUT2D eigenvalue weighted by molar-refractivity contribution is -0.00708. The molecule has 0 radical (unpaired) electrons. The second-order valence-electron chi connectivity index (χ2n) is 9.32. The predicted octanol–water partition coefficient (Wildman–Crippen LogP) is 3.27. The molecule has 8 heteroatoms. The normalized spacial score (nSPS) is 17.0. The first-order chi connectivity index (χ1) is 16.2. The number of rotatable bonds is 3. The second kappa shape index (κ2) is 7.63. The van der Waals surface area contributed by atoms with Gasteiger partial charge in [0, 0.05) is 14.1 Å². The first-order valence-corrected chi connectivity index (χ1v) is 11.1. The Hall–Kier alpha value is -3.78. The number of aromatic nitrogens is 3. The zero-order chi connectivity index (χ0) is 24.4. The summed E-state index contributed by atoms with van der Waals surface area (Å²) in [6.07, 6.45) is -0.527. The smallest absolute Gasteiger partial charge is 0.331 e. The maximum atomic E-state index is 13.6. The summed E-state index contributed by atoms with van der Waals surface area (Å²) in [4.78, 5) is 26.6. The van der Waals surface area contributed by atoms with Crippen LogP contribution < -0.4 is 16.0 Å². The Morgan fingerprint density at radius 1 is 1.00 bits per heavy atom. The number of aryl methyl sites for hydroxylation is 1. The third-order valence-electron chi connectivity index (χ3n) is 6.62. The number of hydrogen-bond donors (Lipinski definition) is 1. The number of hydrogen-bond acceptors (Lipinski definition) is 5. The highest BCUT2D eigenvalue weighted by Gasteiger charge is 2.40. The second-order valence-corrected chi connectivity index (χ2v) is 9.32. The average Bonchev–Trinajstić information content (AvgIpc) is 3.20. The van der Waals surface area contributed by atoms with Gasteiger partial charge in [0.2, 0.25) is 0 Å². The molecule has 0 spiro atoms. The molecule has 4 aromatic rings. The van der Waals surface area contributed by atoms with Gasteiger partial charge in [-0.25, -0.2) is 4.79 Å². The van der Waals surface area contributed by atoms with Crippen molar-refractivity contribution in [3.05, 3.63) is 80.6 Å². The highest BCUT2D eigenvalue weighted by Crippen LogP contribution is 2.45. The summed E-state index contributed by atoms with van der Waals surface area (Å²) in [5.74, 6) is 0.865. The van der Waals surface area contributed by atoms with Gasteiger partial charge in [-0.15, -0.1) is 0 Å². The molecule has 0 saturated heterocycles. The fourth-order valence-corrected chi connectivity index (χ4v) is 4.92. The molecule has 2 aromatic heterocycles. The van der Waals surface area contributed by atoms with Gasteiger partial charge in [-0.2, -0.15) is 0 Å². The van der Waals surface area contributed by atoms with Gasteiger partial charge in [-0.1, -0.05) is 12.1 Å². The van der Waals surface area contributed by atoms with Crippen LogP contribution in [0.1, 0.15) is 31.2 Å². The molecule has 176 valence electrons. The van der Waals surface area contributed by atoms with Crippen molar-refractivity contribution in [3.63, 3.8) is 0 Å². The largest absolute Gasteiger partial charge is 0.508 e. The van der Waals surface area contributed by atoms with E-state index in [9.17, 15) is 14.7 Å². The summed E-state index contributed by atoms with van der Waals surface area (Å²) in [5.41, 5.74) is 2.42. The molecule has 0 amide bonds. The van der Waals surface area contributed by atoms with E-state index in [1.165, 1.54) is 11.6 Å². The van der Waals surface area contributed by atoms with Crippen LogP contribution in [-0.2, 0) is 24.4 Å². The molecule has 0 bridgehead atoms. The third-order valence-corrected chi connectivity index (χ3v) is 6.62. The molecular formula is C26H27N3O5. The Morgan fingerprint density at radius 2 is 1.65 bits per heavy atom. The van der Waals surface area contributed by atoms with Crippen LogP contribution in [-0.4, -0.2) is 32.5 Å². The van der Waals surface area contributed by atoms with E-state index < -0.39 is 17.3 Å². The molecule has 0 fully saturated rings. The van der Waals surface area contributed by atoms with E-state index in [0.717, 1.165) is 27.1 Å². The first-order valence-electron chi connectivity index (χ1n) is 11.1. The fraction of sp³-hybridized carbons (Fsp3) is 0.308. The Balaban J connectivity index is 1.97. The molecule has 2 aromatic carbocycles. The van der Waals surface area contributed by atoms with Crippen LogP contribution in [0.15, 0.2) is 58.1 Å². The topological polar surface area (TPSA) is 87.6 Å². The molecule has 1 aliphatic heterocycles. The lowest BCUT2D eigenvalue weighted by atomic mass is 9.98. The Kier molecular flexibility index (Phi) is 4.95. The van der Waals surface area contributed by atoms with E-state index in [1.807, 2.05) is 24.3 Å². The monoisotopic (exact) mass is 461 g/mol. The summed E-state index contributed by atoms with van der Waals surface area (Å²) < 4.78 is 16.5. The van der Waals surface area contributed by atoms with Crippen LogP contribution in [0.3, 0.4) is 0 Å². The molecule has 8 nitrogen and oxygen atoms in total. The fourth-order valence-electron chi connectivity index (χ4n) is 4.92. The van der Waals surface area contributed by atoms with E-state index in [2.05, 4.69) is 18.4 Å². The molecule has 1 atom stereocenters. The van der Waals surface area contributed by atoms with Crippen molar-refractivity contribution in [2.45, 2.75) is 25.5 Å². The van der Waals surface area contributed by atoms with Gasteiger partial charge in [0.05, 0.1) is 41.5 Å². The van der Waals surface area contributed by atoms with Crippen LogP contribution in [0, 0.1) is 0 Å². The molecule has 1 unspecified atom stereocenters. The van der Waals surface area contributed by atoms with Crippen LogP contribution in [0.25, 0.3) is 22.2 Å². The molecule has 0 saturated carbocycles. The zero-order valence-electron chi connectivity index (χ0n) is 19.8. The molecule has 3 heterocycles. The number of fused-ring (bicyclic) bond motifs is 3. The summed E-state index contributed by atoms with van der Waals surface area (Å²) in [6.45, 7) is 4.50. The van der Waals surface area contributed by atoms with E-state index in [0.29, 0.717) is 23.3 Å². The minimum absolute atomic E-state index is 0.153. The van der Waals surface area contributed by atoms with Crippen molar-refractivity contribution in [1.82, 2.24) is 13.7 Å². The van der Waals surface area contributed by atoms with Crippen molar-refractivity contribution in [2.75, 3.05) is 13.7 Å². The molecule has 0 aliphatic carbocycles. The van der Waals surface area contributed by atoms with E-state index in [1.54, 1.807) is 38.4 Å². The average molecular weight is 462 g/mol. The number of benzene rings is 2. The van der Waals surface area contributed by atoms with E-state index >= 15 is 0 Å². The predicted molar refractivity (Wildman–Crippen MR) is 130 cm³/mol. The SMILES string of the molecule is COc1ccc(-c2c3c(=O)n(C)c(=O)n(C)c3c3n2C(C)(C)COC3c2ccc(O)cc2)cc1. The highest BCUT2D eigenvalue weighted by molar-refractivity contribution is 5.97. The Labute approximate surface area is 196 Å². The summed E-state index contributed by atoms with van der Waals surface area (Å²) in [6, 6.07) is 14.4. The van der Waals surface area contributed by atoms with Gasteiger partial charge in [-0.05, 0) is 61.4 Å². The van der Waals surface area contributed by atoms with Gasteiger partial charge in [-0.3, -0.25) is 13.9 Å². The lowest BCUT2D eigenvalue weighted by Crippen LogP contribution is -2.40. The summed E-state index contributed by atoms with van der Waals surface area (Å²) >= 11 is 0. The Bertz CT molecular complexity index is 1520. The number of ether oxygens (including phenoxy) is 2. The van der Waals surface area contributed by atoms with Crippen LogP contribution in [0.4, 0.5) is 0 Å². The van der Waals surface area contributed by atoms with Crippen molar-refractivity contribution in [3.8, 4) is 22.8 Å². The number of aromatic hydroxyl groups is 1. The van der Waals surface area contributed by atoms with Gasteiger partial charge >= 0.3 is 5.69 Å². The number of phenolic OH excluding ortho intramolecular Hbond substituents is 1. The van der Waals surface area contributed by atoms with E-state index in [4.69, 9.17) is 9.47 Å². The quantitative estimate of drug-likeness (QED) is 0.506. The molecule has 5 rings (SSSR count). The minimum atomic E-state index is -0.527.